The Morgan fingerprint density at radius 2 is 1.73 bits per heavy atom. The number of benzene rings is 1. The molecule has 0 unspecified atom stereocenters. The topological polar surface area (TPSA) is 43.7 Å². The quantitative estimate of drug-likeness (QED) is 0.553. The molecule has 5 nitrogen and oxygen atoms in total. The smallest absolute Gasteiger partial charge is 0.325 e. The average Bonchev–Trinajstić information content (AvgIpc) is 3.31. The molecule has 1 aromatic heterocycles. The van der Waals surface area contributed by atoms with Gasteiger partial charge in [0.05, 0.1) is 13.2 Å². The molecule has 1 aliphatic heterocycles. The number of hydrogen-bond acceptors (Lipinski definition) is 4. The van der Waals surface area contributed by atoms with E-state index in [1.165, 1.54) is 53.9 Å². The molecule has 0 amide bonds. The van der Waals surface area contributed by atoms with Crippen LogP contribution in [0.25, 0.3) is 0 Å². The van der Waals surface area contributed by atoms with Gasteiger partial charge in [0, 0.05) is 31.5 Å². The zero-order valence-electron chi connectivity index (χ0n) is 19.0. The first-order valence-electron chi connectivity index (χ1n) is 11.2. The molecule has 1 saturated heterocycles. The molecule has 0 aliphatic carbocycles. The van der Waals surface area contributed by atoms with E-state index in [-0.39, 0.29) is 12.5 Å². The van der Waals surface area contributed by atoms with E-state index >= 15 is 0 Å². The molecule has 3 rings (SSSR count). The standard InChI is InChI=1S/C25H36N2O3/c1-5-30-25(28)18-27-20(3)23(19(2)24(27)12-15-29-4)16-21-8-10-22(11-9-21)17-26-13-6-7-14-26/h8-11H,5-7,12-18H2,1-4H3. The predicted octanol–water partition coefficient (Wildman–Crippen LogP) is 4.04. The number of carbonyl (C=O) groups is 1. The maximum absolute atomic E-state index is 12.2. The molecule has 2 heterocycles. The van der Waals surface area contributed by atoms with Gasteiger partial charge in [-0.15, -0.1) is 0 Å². The van der Waals surface area contributed by atoms with Crippen LogP contribution in [0.2, 0.25) is 0 Å². The van der Waals surface area contributed by atoms with Gasteiger partial charge < -0.3 is 14.0 Å². The van der Waals surface area contributed by atoms with Crippen LogP contribution in [0.5, 0.6) is 0 Å². The summed E-state index contributed by atoms with van der Waals surface area (Å²) in [6, 6.07) is 9.03. The van der Waals surface area contributed by atoms with Crippen LogP contribution in [0.1, 0.15) is 53.4 Å². The van der Waals surface area contributed by atoms with E-state index in [0.29, 0.717) is 13.2 Å². The number of ether oxygens (including phenoxy) is 2. The van der Waals surface area contributed by atoms with Gasteiger partial charge >= 0.3 is 5.97 Å². The fraction of sp³-hybridized carbons (Fsp3) is 0.560. The lowest BCUT2D eigenvalue weighted by atomic mass is 9.99. The summed E-state index contributed by atoms with van der Waals surface area (Å²) in [7, 11) is 1.71. The molecule has 0 bridgehead atoms. The molecule has 5 heteroatoms. The Bertz CT molecular complexity index is 833. The van der Waals surface area contributed by atoms with Crippen LogP contribution in [0.4, 0.5) is 0 Å². The first-order valence-corrected chi connectivity index (χ1v) is 11.2. The Hall–Kier alpha value is -2.11. The Morgan fingerprint density at radius 3 is 2.37 bits per heavy atom. The third kappa shape index (κ3) is 5.52. The van der Waals surface area contributed by atoms with Crippen molar-refractivity contribution >= 4 is 5.97 Å². The third-order valence-electron chi connectivity index (χ3n) is 6.20. The van der Waals surface area contributed by atoms with Gasteiger partial charge in [0.15, 0.2) is 0 Å². The van der Waals surface area contributed by atoms with Crippen molar-refractivity contribution in [3.8, 4) is 0 Å². The Morgan fingerprint density at radius 1 is 1.07 bits per heavy atom. The summed E-state index contributed by atoms with van der Waals surface area (Å²) in [5.74, 6) is -0.188. The molecule has 0 atom stereocenters. The summed E-state index contributed by atoms with van der Waals surface area (Å²) in [5, 5.41) is 0. The molecule has 2 aromatic rings. The fourth-order valence-corrected chi connectivity index (χ4v) is 4.51. The summed E-state index contributed by atoms with van der Waals surface area (Å²) in [4.78, 5) is 14.7. The van der Waals surface area contributed by atoms with Crippen LogP contribution in [0, 0.1) is 13.8 Å². The second kappa shape index (κ2) is 10.8. The number of aromatic nitrogens is 1. The second-order valence-electron chi connectivity index (χ2n) is 8.25. The van der Waals surface area contributed by atoms with Gasteiger partial charge in [0.1, 0.15) is 6.54 Å². The highest BCUT2D eigenvalue weighted by Gasteiger charge is 2.20. The number of likely N-dealkylation sites (tertiary alicyclic amines) is 1. The van der Waals surface area contributed by atoms with E-state index in [4.69, 9.17) is 9.47 Å². The van der Waals surface area contributed by atoms with Crippen molar-refractivity contribution in [1.29, 1.82) is 0 Å². The van der Waals surface area contributed by atoms with Gasteiger partial charge in [-0.3, -0.25) is 9.69 Å². The lowest BCUT2D eigenvalue weighted by Crippen LogP contribution is -2.18. The van der Waals surface area contributed by atoms with Crippen LogP contribution >= 0.6 is 0 Å². The van der Waals surface area contributed by atoms with Gasteiger partial charge in [-0.25, -0.2) is 0 Å². The van der Waals surface area contributed by atoms with Crippen LogP contribution < -0.4 is 0 Å². The van der Waals surface area contributed by atoms with Crippen molar-refractivity contribution in [1.82, 2.24) is 9.47 Å². The number of rotatable bonds is 10. The normalized spacial score (nSPS) is 14.4. The minimum atomic E-state index is -0.188. The van der Waals surface area contributed by atoms with Crippen LogP contribution in [-0.4, -0.2) is 48.8 Å². The van der Waals surface area contributed by atoms with Crippen LogP contribution in [0.3, 0.4) is 0 Å². The van der Waals surface area contributed by atoms with Crippen molar-refractivity contribution in [2.45, 2.75) is 59.5 Å². The number of esters is 1. The number of methoxy groups -OCH3 is 1. The Labute approximate surface area is 181 Å². The molecule has 164 valence electrons. The lowest BCUT2D eigenvalue weighted by Gasteiger charge is -2.14. The second-order valence-corrected chi connectivity index (χ2v) is 8.25. The third-order valence-corrected chi connectivity index (χ3v) is 6.20. The molecule has 30 heavy (non-hydrogen) atoms. The van der Waals surface area contributed by atoms with E-state index in [9.17, 15) is 4.79 Å². The monoisotopic (exact) mass is 412 g/mol. The number of nitrogens with zero attached hydrogens (tertiary/aromatic N) is 2. The van der Waals surface area contributed by atoms with Gasteiger partial charge in [-0.05, 0) is 75.4 Å². The molecular formula is C25H36N2O3. The molecule has 0 N–H and O–H groups in total. The minimum absolute atomic E-state index is 0.188. The molecular weight excluding hydrogens is 376 g/mol. The maximum atomic E-state index is 12.2. The van der Waals surface area contributed by atoms with Crippen molar-refractivity contribution in [3.63, 3.8) is 0 Å². The van der Waals surface area contributed by atoms with Crippen molar-refractivity contribution in [3.05, 3.63) is 57.9 Å². The van der Waals surface area contributed by atoms with E-state index in [1.807, 2.05) is 6.92 Å². The average molecular weight is 413 g/mol. The molecule has 1 aliphatic rings. The molecule has 0 saturated carbocycles. The van der Waals surface area contributed by atoms with Gasteiger partial charge in [0.25, 0.3) is 0 Å². The van der Waals surface area contributed by atoms with E-state index in [2.05, 4.69) is 47.6 Å². The van der Waals surface area contributed by atoms with Crippen molar-refractivity contribution in [2.75, 3.05) is 33.4 Å². The summed E-state index contributed by atoms with van der Waals surface area (Å²) in [6.45, 7) is 10.9. The number of carbonyl (C=O) groups excluding carboxylic acids is 1. The number of hydrogen-bond donors (Lipinski definition) is 0. The maximum Gasteiger partial charge on any atom is 0.325 e. The summed E-state index contributed by atoms with van der Waals surface area (Å²) < 4.78 is 12.6. The highest BCUT2D eigenvalue weighted by molar-refractivity contribution is 5.69. The molecule has 0 radical (unpaired) electrons. The molecule has 0 spiro atoms. The Kier molecular flexibility index (Phi) is 8.11. The highest BCUT2D eigenvalue weighted by atomic mass is 16.5. The largest absolute Gasteiger partial charge is 0.465 e. The Balaban J connectivity index is 1.78. The minimum Gasteiger partial charge on any atom is -0.465 e. The lowest BCUT2D eigenvalue weighted by molar-refractivity contribution is -0.143. The van der Waals surface area contributed by atoms with Crippen molar-refractivity contribution in [2.24, 2.45) is 0 Å². The first kappa shape index (κ1) is 22.6. The zero-order chi connectivity index (χ0) is 21.5. The van der Waals surface area contributed by atoms with Crippen LogP contribution in [0.15, 0.2) is 24.3 Å². The predicted molar refractivity (Wildman–Crippen MR) is 120 cm³/mol. The van der Waals surface area contributed by atoms with Gasteiger partial charge in [0.2, 0.25) is 0 Å². The fourth-order valence-electron chi connectivity index (χ4n) is 4.51. The van der Waals surface area contributed by atoms with Gasteiger partial charge in [-0.1, -0.05) is 24.3 Å². The summed E-state index contributed by atoms with van der Waals surface area (Å²) in [5.41, 5.74) is 7.57. The van der Waals surface area contributed by atoms with Gasteiger partial charge in [-0.2, -0.15) is 0 Å². The van der Waals surface area contributed by atoms with Crippen molar-refractivity contribution < 1.29 is 14.3 Å². The van der Waals surface area contributed by atoms with E-state index < -0.39 is 0 Å². The zero-order valence-corrected chi connectivity index (χ0v) is 19.0. The molecule has 1 aromatic carbocycles. The summed E-state index contributed by atoms with van der Waals surface area (Å²) in [6.07, 6.45) is 4.31. The van der Waals surface area contributed by atoms with Crippen LogP contribution in [-0.2, 0) is 40.2 Å². The molecule has 1 fully saturated rings. The van der Waals surface area contributed by atoms with E-state index in [0.717, 1.165) is 25.1 Å². The summed E-state index contributed by atoms with van der Waals surface area (Å²) >= 11 is 0. The highest BCUT2D eigenvalue weighted by Crippen LogP contribution is 2.26. The first-order chi connectivity index (χ1) is 14.5. The van der Waals surface area contributed by atoms with E-state index in [1.54, 1.807) is 7.11 Å². The SMILES string of the molecule is CCOC(=O)Cn1c(C)c(Cc2ccc(CN3CCCC3)cc2)c(C)c1CCOC.